The summed E-state index contributed by atoms with van der Waals surface area (Å²) in [5.74, 6) is -0.119. The Morgan fingerprint density at radius 1 is 1.47 bits per heavy atom. The number of rotatable bonds is 2. The lowest BCUT2D eigenvalue weighted by molar-refractivity contribution is 0.386. The van der Waals surface area contributed by atoms with Crippen molar-refractivity contribution in [3.05, 3.63) is 29.3 Å². The lowest BCUT2D eigenvalue weighted by Gasteiger charge is -2.01. The number of hydrogen-bond acceptors (Lipinski definition) is 4. The molecule has 0 bridgehead atoms. The fraction of sp³-hybridized carbons (Fsp3) is 0.111. The van der Waals surface area contributed by atoms with E-state index >= 15 is 0 Å². The normalized spacial score (nSPS) is 10.3. The van der Waals surface area contributed by atoms with Crippen LogP contribution in [-0.4, -0.2) is 17.3 Å². The van der Waals surface area contributed by atoms with Crippen molar-refractivity contribution in [2.45, 2.75) is 0 Å². The highest BCUT2D eigenvalue weighted by atomic mass is 35.5. The van der Waals surface area contributed by atoms with Gasteiger partial charge in [0.25, 0.3) is 11.2 Å². The summed E-state index contributed by atoms with van der Waals surface area (Å²) in [5.41, 5.74) is 0.549. The molecule has 15 heavy (non-hydrogen) atoms. The van der Waals surface area contributed by atoms with Crippen LogP contribution in [0.5, 0.6) is 5.75 Å². The Kier molecular flexibility index (Phi) is 2.55. The van der Waals surface area contributed by atoms with E-state index in [4.69, 9.17) is 20.9 Å². The average molecular weight is 229 g/mol. The number of benzene rings is 1. The minimum atomic E-state index is -0.452. The molecule has 0 N–H and O–H groups in total. The van der Waals surface area contributed by atoms with Crippen molar-refractivity contribution in [1.29, 1.82) is 0 Å². The molecule has 78 valence electrons. The summed E-state index contributed by atoms with van der Waals surface area (Å²) in [7, 11) is 1.38. The Hall–Kier alpha value is -1.62. The zero-order chi connectivity index (χ0) is 10.8. The zero-order valence-electron chi connectivity index (χ0n) is 7.70. The van der Waals surface area contributed by atoms with Crippen molar-refractivity contribution < 1.29 is 13.7 Å². The van der Waals surface area contributed by atoms with Gasteiger partial charge in [-0.15, -0.1) is 0 Å². The van der Waals surface area contributed by atoms with Crippen LogP contribution >= 0.6 is 11.6 Å². The quantitative estimate of drug-likeness (QED) is 0.793. The molecule has 2 rings (SSSR count). The van der Waals surface area contributed by atoms with Gasteiger partial charge >= 0.3 is 0 Å². The van der Waals surface area contributed by atoms with E-state index in [0.29, 0.717) is 5.56 Å². The third kappa shape index (κ3) is 1.92. The predicted octanol–water partition coefficient (Wildman–Crippen LogP) is 2.54. The fourth-order valence-corrected chi connectivity index (χ4v) is 1.23. The summed E-state index contributed by atoms with van der Waals surface area (Å²) >= 11 is 5.49. The molecular weight excluding hydrogens is 223 g/mol. The maximum absolute atomic E-state index is 13.1. The van der Waals surface area contributed by atoms with Crippen LogP contribution in [0.15, 0.2) is 22.7 Å². The van der Waals surface area contributed by atoms with Crippen LogP contribution in [0.3, 0.4) is 0 Å². The van der Waals surface area contributed by atoms with Crippen LogP contribution in [0.2, 0.25) is 5.28 Å². The maximum atomic E-state index is 13.1. The molecule has 0 aliphatic rings. The van der Waals surface area contributed by atoms with E-state index in [1.807, 2.05) is 0 Å². The van der Waals surface area contributed by atoms with Crippen LogP contribution < -0.4 is 4.74 Å². The molecule has 1 aromatic heterocycles. The summed E-state index contributed by atoms with van der Waals surface area (Å²) < 4.78 is 22.7. The molecule has 0 aliphatic heterocycles. The van der Waals surface area contributed by atoms with E-state index in [1.165, 1.54) is 25.3 Å². The van der Waals surface area contributed by atoms with E-state index in [0.717, 1.165) is 0 Å². The summed E-state index contributed by atoms with van der Waals surface area (Å²) in [6.45, 7) is 0. The number of hydrogen-bond donors (Lipinski definition) is 0. The number of aromatic nitrogens is 2. The molecule has 0 radical (unpaired) electrons. The SMILES string of the molecule is COc1cc(-c2nc(Cl)no2)ccc1F. The van der Waals surface area contributed by atoms with Crippen LogP contribution in [0.25, 0.3) is 11.5 Å². The number of ether oxygens (including phenoxy) is 1. The Morgan fingerprint density at radius 2 is 2.27 bits per heavy atom. The van der Waals surface area contributed by atoms with Gasteiger partial charge in [0.05, 0.1) is 7.11 Å². The van der Waals surface area contributed by atoms with Crippen LogP contribution in [-0.2, 0) is 0 Å². The first-order valence-electron chi connectivity index (χ1n) is 4.04. The summed E-state index contributed by atoms with van der Waals surface area (Å²) in [6, 6.07) is 4.22. The Labute approximate surface area is 89.6 Å². The molecular formula is C9H6ClFN2O2. The van der Waals surface area contributed by atoms with Crippen LogP contribution in [0, 0.1) is 5.82 Å². The first kappa shape index (κ1) is 9.92. The molecule has 0 fully saturated rings. The van der Waals surface area contributed by atoms with Crippen molar-refractivity contribution in [1.82, 2.24) is 10.1 Å². The van der Waals surface area contributed by atoms with Gasteiger partial charge < -0.3 is 9.26 Å². The second kappa shape index (κ2) is 3.86. The Balaban J connectivity index is 2.45. The molecule has 0 saturated carbocycles. The molecule has 4 nitrogen and oxygen atoms in total. The van der Waals surface area contributed by atoms with Gasteiger partial charge in [-0.05, 0) is 35.0 Å². The molecule has 0 aliphatic carbocycles. The summed E-state index contributed by atoms with van der Waals surface area (Å²) in [5, 5.41) is 3.42. The van der Waals surface area contributed by atoms with E-state index in [9.17, 15) is 4.39 Å². The van der Waals surface area contributed by atoms with Gasteiger partial charge in [-0.1, -0.05) is 0 Å². The van der Waals surface area contributed by atoms with Crippen molar-refractivity contribution in [3.8, 4) is 17.2 Å². The molecule has 1 aromatic carbocycles. The van der Waals surface area contributed by atoms with E-state index in [-0.39, 0.29) is 16.9 Å². The van der Waals surface area contributed by atoms with Crippen LogP contribution in [0.4, 0.5) is 4.39 Å². The maximum Gasteiger partial charge on any atom is 0.264 e. The molecule has 6 heteroatoms. The molecule has 0 amide bonds. The largest absolute Gasteiger partial charge is 0.494 e. The Bertz CT molecular complexity index is 487. The van der Waals surface area contributed by atoms with Crippen LogP contribution in [0.1, 0.15) is 0 Å². The molecule has 2 aromatic rings. The standard InChI is InChI=1S/C9H6ClFN2O2/c1-14-7-4-5(2-3-6(7)11)8-12-9(10)13-15-8/h2-4H,1H3. The van der Waals surface area contributed by atoms with Gasteiger partial charge in [-0.2, -0.15) is 4.98 Å². The third-order valence-corrected chi connectivity index (χ3v) is 1.95. The topological polar surface area (TPSA) is 48.2 Å². The predicted molar refractivity (Wildman–Crippen MR) is 51.3 cm³/mol. The molecule has 1 heterocycles. The molecule has 0 atom stereocenters. The van der Waals surface area contributed by atoms with Gasteiger partial charge in [0, 0.05) is 5.56 Å². The minimum absolute atomic E-state index is 0.00768. The van der Waals surface area contributed by atoms with E-state index < -0.39 is 5.82 Å². The van der Waals surface area contributed by atoms with Gasteiger partial charge in [0.15, 0.2) is 11.6 Å². The van der Waals surface area contributed by atoms with Gasteiger partial charge in [0.2, 0.25) is 0 Å². The highest BCUT2D eigenvalue weighted by Gasteiger charge is 2.10. The molecule has 0 saturated heterocycles. The molecule has 0 spiro atoms. The lowest BCUT2D eigenvalue weighted by atomic mass is 10.2. The fourth-order valence-electron chi connectivity index (χ4n) is 1.12. The number of halogens is 2. The highest BCUT2D eigenvalue weighted by Crippen LogP contribution is 2.25. The first-order valence-corrected chi connectivity index (χ1v) is 4.41. The smallest absolute Gasteiger partial charge is 0.264 e. The highest BCUT2D eigenvalue weighted by molar-refractivity contribution is 6.28. The second-order valence-corrected chi connectivity index (χ2v) is 3.06. The minimum Gasteiger partial charge on any atom is -0.494 e. The van der Waals surface area contributed by atoms with Gasteiger partial charge in [-0.25, -0.2) is 4.39 Å². The first-order chi connectivity index (χ1) is 7.20. The van der Waals surface area contributed by atoms with Crippen molar-refractivity contribution in [3.63, 3.8) is 0 Å². The average Bonchev–Trinajstić information content (AvgIpc) is 2.66. The monoisotopic (exact) mass is 228 g/mol. The third-order valence-electron chi connectivity index (χ3n) is 1.80. The van der Waals surface area contributed by atoms with Gasteiger partial charge in [0.1, 0.15) is 0 Å². The summed E-state index contributed by atoms with van der Waals surface area (Å²) in [4.78, 5) is 3.80. The van der Waals surface area contributed by atoms with Gasteiger partial charge in [-0.3, -0.25) is 0 Å². The van der Waals surface area contributed by atoms with E-state index in [1.54, 1.807) is 0 Å². The van der Waals surface area contributed by atoms with Crippen molar-refractivity contribution >= 4 is 11.6 Å². The zero-order valence-corrected chi connectivity index (χ0v) is 8.45. The van der Waals surface area contributed by atoms with E-state index in [2.05, 4.69) is 10.1 Å². The van der Waals surface area contributed by atoms with Crippen molar-refractivity contribution in [2.24, 2.45) is 0 Å². The summed E-state index contributed by atoms with van der Waals surface area (Å²) in [6.07, 6.45) is 0. The lowest BCUT2D eigenvalue weighted by Crippen LogP contribution is -1.88. The van der Waals surface area contributed by atoms with Crippen molar-refractivity contribution in [2.75, 3.05) is 7.11 Å². The second-order valence-electron chi connectivity index (χ2n) is 2.72. The number of methoxy groups -OCH3 is 1. The Morgan fingerprint density at radius 3 is 2.87 bits per heavy atom. The molecule has 0 unspecified atom stereocenters. The number of nitrogens with zero attached hydrogens (tertiary/aromatic N) is 2.